The summed E-state index contributed by atoms with van der Waals surface area (Å²) in [4.78, 5) is 20.7. The van der Waals surface area contributed by atoms with Gasteiger partial charge in [0.2, 0.25) is 0 Å². The molecule has 3 heteroatoms. The van der Waals surface area contributed by atoms with Gasteiger partial charge in [-0.25, -0.2) is 0 Å². The SMILES string of the molecule is O=COC(=O)CCC1CCCCC1. The lowest BCUT2D eigenvalue weighted by Gasteiger charge is -2.20. The molecule has 0 amide bonds. The third-order valence-electron chi connectivity index (χ3n) is 2.66. The standard InChI is InChI=1S/C10H16O3/c11-8-13-10(12)7-6-9-4-2-1-3-5-9/h8-9H,1-7H2. The summed E-state index contributed by atoms with van der Waals surface area (Å²) in [5.41, 5.74) is 0. The molecule has 0 aromatic heterocycles. The second-order valence-electron chi connectivity index (χ2n) is 3.63. The minimum Gasteiger partial charge on any atom is -0.395 e. The van der Waals surface area contributed by atoms with Crippen molar-refractivity contribution in [3.63, 3.8) is 0 Å². The van der Waals surface area contributed by atoms with E-state index in [4.69, 9.17) is 0 Å². The summed E-state index contributed by atoms with van der Waals surface area (Å²) in [5, 5.41) is 0. The first-order valence-corrected chi connectivity index (χ1v) is 4.96. The van der Waals surface area contributed by atoms with E-state index in [-0.39, 0.29) is 12.4 Å². The zero-order chi connectivity index (χ0) is 9.52. The van der Waals surface area contributed by atoms with Gasteiger partial charge in [0, 0.05) is 6.42 Å². The van der Waals surface area contributed by atoms with Crippen LogP contribution in [-0.4, -0.2) is 12.4 Å². The van der Waals surface area contributed by atoms with Crippen LogP contribution >= 0.6 is 0 Å². The molecule has 1 rings (SSSR count). The molecule has 0 aromatic rings. The molecule has 0 unspecified atom stereocenters. The van der Waals surface area contributed by atoms with Gasteiger partial charge >= 0.3 is 12.4 Å². The van der Waals surface area contributed by atoms with Crippen LogP contribution in [0.1, 0.15) is 44.9 Å². The Bertz CT molecular complexity index is 171. The van der Waals surface area contributed by atoms with E-state index in [1.54, 1.807) is 0 Å². The predicted octanol–water partition coefficient (Wildman–Crippen LogP) is 2.05. The molecule has 3 nitrogen and oxygen atoms in total. The van der Waals surface area contributed by atoms with E-state index in [0.717, 1.165) is 6.42 Å². The van der Waals surface area contributed by atoms with Crippen molar-refractivity contribution in [1.82, 2.24) is 0 Å². The van der Waals surface area contributed by atoms with Crippen molar-refractivity contribution in [2.24, 2.45) is 5.92 Å². The number of carbonyl (C=O) groups is 2. The quantitative estimate of drug-likeness (QED) is 0.381. The summed E-state index contributed by atoms with van der Waals surface area (Å²) in [5.74, 6) is 0.286. The maximum Gasteiger partial charge on any atom is 0.313 e. The summed E-state index contributed by atoms with van der Waals surface area (Å²) in [7, 11) is 0. The Labute approximate surface area is 78.5 Å². The first-order valence-electron chi connectivity index (χ1n) is 4.96. The van der Waals surface area contributed by atoms with Crippen LogP contribution in [0.2, 0.25) is 0 Å². The Balaban J connectivity index is 2.09. The third-order valence-corrected chi connectivity index (χ3v) is 2.66. The maximum absolute atomic E-state index is 10.8. The Kier molecular flexibility index (Phi) is 4.50. The number of rotatable bonds is 4. The van der Waals surface area contributed by atoms with Crippen LogP contribution in [0.5, 0.6) is 0 Å². The molecule has 1 saturated carbocycles. The summed E-state index contributed by atoms with van der Waals surface area (Å²) < 4.78 is 4.21. The van der Waals surface area contributed by atoms with Gasteiger partial charge in [-0.05, 0) is 12.3 Å². The minimum atomic E-state index is -0.388. The first-order chi connectivity index (χ1) is 6.33. The summed E-state index contributed by atoms with van der Waals surface area (Å²) in [6.07, 6.45) is 7.63. The third kappa shape index (κ3) is 4.06. The van der Waals surface area contributed by atoms with Gasteiger partial charge in [0.15, 0.2) is 0 Å². The molecule has 1 aliphatic carbocycles. The highest BCUT2D eigenvalue weighted by Crippen LogP contribution is 2.27. The number of ether oxygens (including phenoxy) is 1. The van der Waals surface area contributed by atoms with Crippen LogP contribution in [0, 0.1) is 5.92 Å². The molecule has 1 aliphatic rings. The Morgan fingerprint density at radius 1 is 1.31 bits per heavy atom. The van der Waals surface area contributed by atoms with E-state index in [1.807, 2.05) is 0 Å². The lowest BCUT2D eigenvalue weighted by molar-refractivity contribution is -0.151. The van der Waals surface area contributed by atoms with Gasteiger partial charge in [-0.3, -0.25) is 9.59 Å². The fraction of sp³-hybridized carbons (Fsp3) is 0.800. The predicted molar refractivity (Wildman–Crippen MR) is 48.0 cm³/mol. The van der Waals surface area contributed by atoms with Crippen molar-refractivity contribution >= 4 is 12.4 Å². The van der Waals surface area contributed by atoms with Gasteiger partial charge < -0.3 is 4.74 Å². The lowest BCUT2D eigenvalue weighted by atomic mass is 9.86. The van der Waals surface area contributed by atoms with Gasteiger partial charge in [0.1, 0.15) is 0 Å². The van der Waals surface area contributed by atoms with Crippen LogP contribution in [-0.2, 0) is 14.3 Å². The van der Waals surface area contributed by atoms with Crippen LogP contribution in [0.15, 0.2) is 0 Å². The molecule has 74 valence electrons. The Hall–Kier alpha value is -0.860. The van der Waals surface area contributed by atoms with Crippen LogP contribution in [0.4, 0.5) is 0 Å². The highest BCUT2D eigenvalue weighted by atomic mass is 16.6. The number of esters is 1. The van der Waals surface area contributed by atoms with Gasteiger partial charge in [-0.15, -0.1) is 0 Å². The molecule has 0 spiro atoms. The molecule has 0 aliphatic heterocycles. The number of carbonyl (C=O) groups excluding carboxylic acids is 2. The van der Waals surface area contributed by atoms with Crippen molar-refractivity contribution in [3.8, 4) is 0 Å². The fourth-order valence-electron chi connectivity index (χ4n) is 1.91. The smallest absolute Gasteiger partial charge is 0.313 e. The summed E-state index contributed by atoms with van der Waals surface area (Å²) in [6, 6.07) is 0. The molecule has 0 aromatic carbocycles. The minimum absolute atomic E-state index is 0.212. The van der Waals surface area contributed by atoms with Crippen LogP contribution in [0.3, 0.4) is 0 Å². The lowest BCUT2D eigenvalue weighted by Crippen LogP contribution is -2.10. The van der Waals surface area contributed by atoms with Crippen molar-refractivity contribution in [1.29, 1.82) is 0 Å². The molecule has 0 saturated heterocycles. The monoisotopic (exact) mass is 184 g/mol. The van der Waals surface area contributed by atoms with Crippen molar-refractivity contribution < 1.29 is 14.3 Å². The topological polar surface area (TPSA) is 43.4 Å². The number of hydrogen-bond acceptors (Lipinski definition) is 3. The largest absolute Gasteiger partial charge is 0.395 e. The second kappa shape index (κ2) is 5.73. The molecule has 0 atom stereocenters. The van der Waals surface area contributed by atoms with E-state index >= 15 is 0 Å². The molecule has 0 bridgehead atoms. The first kappa shape index (κ1) is 10.2. The van der Waals surface area contributed by atoms with E-state index in [9.17, 15) is 9.59 Å². The normalized spacial score (nSPS) is 18.2. The van der Waals surface area contributed by atoms with Gasteiger partial charge in [0.05, 0.1) is 0 Å². The molecule has 0 N–H and O–H groups in total. The summed E-state index contributed by atoms with van der Waals surface area (Å²) >= 11 is 0. The highest BCUT2D eigenvalue weighted by Gasteiger charge is 2.14. The summed E-state index contributed by atoms with van der Waals surface area (Å²) in [6.45, 7) is 0.212. The molecular weight excluding hydrogens is 168 g/mol. The van der Waals surface area contributed by atoms with E-state index in [2.05, 4.69) is 4.74 Å². The van der Waals surface area contributed by atoms with Crippen molar-refractivity contribution in [2.45, 2.75) is 44.9 Å². The molecular formula is C10H16O3. The van der Waals surface area contributed by atoms with Gasteiger partial charge in [-0.2, -0.15) is 0 Å². The Morgan fingerprint density at radius 2 is 2.00 bits per heavy atom. The Morgan fingerprint density at radius 3 is 2.62 bits per heavy atom. The average Bonchev–Trinajstić information content (AvgIpc) is 2.17. The molecule has 0 radical (unpaired) electrons. The fourth-order valence-corrected chi connectivity index (χ4v) is 1.91. The second-order valence-corrected chi connectivity index (χ2v) is 3.63. The van der Waals surface area contributed by atoms with E-state index in [0.29, 0.717) is 12.3 Å². The van der Waals surface area contributed by atoms with Crippen molar-refractivity contribution in [3.05, 3.63) is 0 Å². The van der Waals surface area contributed by atoms with Gasteiger partial charge in [-0.1, -0.05) is 32.1 Å². The average molecular weight is 184 g/mol. The maximum atomic E-state index is 10.8. The molecule has 1 fully saturated rings. The molecule has 0 heterocycles. The number of hydrogen-bond donors (Lipinski definition) is 0. The molecule has 13 heavy (non-hydrogen) atoms. The van der Waals surface area contributed by atoms with Crippen LogP contribution < -0.4 is 0 Å². The zero-order valence-electron chi connectivity index (χ0n) is 7.83. The van der Waals surface area contributed by atoms with Crippen LogP contribution in [0.25, 0.3) is 0 Å². The van der Waals surface area contributed by atoms with Gasteiger partial charge in [0.25, 0.3) is 0 Å². The van der Waals surface area contributed by atoms with E-state index < -0.39 is 0 Å². The highest BCUT2D eigenvalue weighted by molar-refractivity contribution is 5.76. The van der Waals surface area contributed by atoms with Crippen molar-refractivity contribution in [2.75, 3.05) is 0 Å². The zero-order valence-corrected chi connectivity index (χ0v) is 7.83. The van der Waals surface area contributed by atoms with E-state index in [1.165, 1.54) is 32.1 Å².